The molecule has 1 saturated heterocycles. The van der Waals surface area contributed by atoms with E-state index in [1.165, 1.54) is 17.2 Å². The summed E-state index contributed by atoms with van der Waals surface area (Å²) in [6.07, 6.45) is 2.14. The number of ether oxygens (including phenoxy) is 1. The molecular weight excluding hydrogens is 379 g/mol. The zero-order chi connectivity index (χ0) is 20.8. The molecule has 4 rings (SSSR count). The Hall–Kier alpha value is -2.44. The lowest BCUT2D eigenvalue weighted by atomic mass is 9.96. The summed E-state index contributed by atoms with van der Waals surface area (Å²) in [7, 11) is 1.79. The van der Waals surface area contributed by atoms with Gasteiger partial charge in [-0.05, 0) is 41.7 Å². The number of morpholine rings is 1. The molecule has 0 bridgehead atoms. The number of hydrogen-bond donors (Lipinski definition) is 2. The molecule has 0 unspecified atom stereocenters. The van der Waals surface area contributed by atoms with Crippen LogP contribution in [0.4, 0.5) is 4.39 Å². The molecule has 6 heteroatoms. The van der Waals surface area contributed by atoms with Gasteiger partial charge in [0, 0.05) is 45.2 Å². The maximum Gasteiger partial charge on any atom is 0.191 e. The molecule has 0 aromatic heterocycles. The summed E-state index contributed by atoms with van der Waals surface area (Å²) in [5.41, 5.74) is 3.70. The Balaban J connectivity index is 1.33. The van der Waals surface area contributed by atoms with Crippen LogP contribution in [0.1, 0.15) is 29.5 Å². The largest absolute Gasteiger partial charge is 0.379 e. The lowest BCUT2D eigenvalue weighted by Crippen LogP contribution is -2.41. The molecule has 160 valence electrons. The van der Waals surface area contributed by atoms with Crippen molar-refractivity contribution in [3.63, 3.8) is 0 Å². The molecule has 0 amide bonds. The van der Waals surface area contributed by atoms with Gasteiger partial charge in [-0.25, -0.2) is 4.39 Å². The van der Waals surface area contributed by atoms with Gasteiger partial charge < -0.3 is 15.4 Å². The Kier molecular flexibility index (Phi) is 6.65. The lowest BCUT2D eigenvalue weighted by Gasteiger charge is -2.27. The molecular formula is C24H31FN4O. The molecule has 0 atom stereocenters. The van der Waals surface area contributed by atoms with Crippen LogP contribution in [0.2, 0.25) is 0 Å². The molecule has 1 aliphatic carbocycles. The van der Waals surface area contributed by atoms with Crippen LogP contribution in [0.5, 0.6) is 0 Å². The van der Waals surface area contributed by atoms with Gasteiger partial charge in [0.1, 0.15) is 5.82 Å². The molecule has 0 spiro atoms. The minimum absolute atomic E-state index is 0.0218. The number of benzene rings is 2. The molecule has 1 heterocycles. The average molecular weight is 411 g/mol. The lowest BCUT2D eigenvalue weighted by molar-refractivity contribution is 0.0341. The van der Waals surface area contributed by atoms with Crippen LogP contribution >= 0.6 is 0 Å². The minimum atomic E-state index is -0.168. The number of guanidine groups is 1. The van der Waals surface area contributed by atoms with Gasteiger partial charge in [0.05, 0.1) is 13.2 Å². The standard InChI is InChI=1S/C24H31FN4O/c1-26-23(28-18-24(9-10-24)21-7-4-8-22(25)15-21)27-16-19-5-2-3-6-20(19)17-29-11-13-30-14-12-29/h2-8,15H,9-14,16-18H2,1H3,(H2,26,27,28). The number of aliphatic imine (C=N–C) groups is 1. The predicted molar refractivity (Wildman–Crippen MR) is 118 cm³/mol. The zero-order valence-corrected chi connectivity index (χ0v) is 17.7. The van der Waals surface area contributed by atoms with Gasteiger partial charge in [-0.1, -0.05) is 36.4 Å². The van der Waals surface area contributed by atoms with Gasteiger partial charge in [0.2, 0.25) is 0 Å². The fourth-order valence-electron chi connectivity index (χ4n) is 4.07. The van der Waals surface area contributed by atoms with Crippen molar-refractivity contribution in [2.75, 3.05) is 39.9 Å². The first-order valence-corrected chi connectivity index (χ1v) is 10.8. The Morgan fingerprint density at radius 3 is 2.53 bits per heavy atom. The normalized spacial score (nSPS) is 18.8. The highest BCUT2D eigenvalue weighted by atomic mass is 19.1. The third-order valence-corrected chi connectivity index (χ3v) is 6.17. The van der Waals surface area contributed by atoms with E-state index in [2.05, 4.69) is 44.8 Å². The van der Waals surface area contributed by atoms with Crippen molar-refractivity contribution in [2.45, 2.75) is 31.3 Å². The van der Waals surface area contributed by atoms with E-state index in [4.69, 9.17) is 4.74 Å². The molecule has 1 saturated carbocycles. The second-order valence-corrected chi connectivity index (χ2v) is 8.23. The van der Waals surface area contributed by atoms with Gasteiger partial charge in [0.15, 0.2) is 5.96 Å². The van der Waals surface area contributed by atoms with Crippen LogP contribution in [0, 0.1) is 5.82 Å². The highest BCUT2D eigenvalue weighted by Gasteiger charge is 2.44. The van der Waals surface area contributed by atoms with Gasteiger partial charge >= 0.3 is 0 Å². The Morgan fingerprint density at radius 2 is 1.83 bits per heavy atom. The van der Waals surface area contributed by atoms with Crippen LogP contribution in [0.3, 0.4) is 0 Å². The smallest absolute Gasteiger partial charge is 0.191 e. The van der Waals surface area contributed by atoms with E-state index in [9.17, 15) is 4.39 Å². The van der Waals surface area contributed by atoms with Crippen LogP contribution in [-0.4, -0.2) is 50.8 Å². The number of hydrogen-bond acceptors (Lipinski definition) is 3. The van der Waals surface area contributed by atoms with Crippen molar-refractivity contribution < 1.29 is 9.13 Å². The number of nitrogens with one attached hydrogen (secondary N) is 2. The maximum atomic E-state index is 13.6. The fourth-order valence-corrected chi connectivity index (χ4v) is 4.07. The van der Waals surface area contributed by atoms with Crippen LogP contribution in [-0.2, 0) is 23.2 Å². The quantitative estimate of drug-likeness (QED) is 0.544. The summed E-state index contributed by atoms with van der Waals surface area (Å²) >= 11 is 0. The van der Waals surface area contributed by atoms with Crippen molar-refractivity contribution in [3.8, 4) is 0 Å². The monoisotopic (exact) mass is 410 g/mol. The third kappa shape index (κ3) is 5.18. The summed E-state index contributed by atoms with van der Waals surface area (Å²) in [5, 5.41) is 6.90. The van der Waals surface area contributed by atoms with E-state index >= 15 is 0 Å². The third-order valence-electron chi connectivity index (χ3n) is 6.17. The van der Waals surface area contributed by atoms with Crippen LogP contribution < -0.4 is 10.6 Å². The molecule has 30 heavy (non-hydrogen) atoms. The number of nitrogens with zero attached hydrogens (tertiary/aromatic N) is 2. The van der Waals surface area contributed by atoms with Crippen molar-refractivity contribution in [1.29, 1.82) is 0 Å². The summed E-state index contributed by atoms with van der Waals surface area (Å²) in [6.45, 7) is 5.99. The van der Waals surface area contributed by atoms with Crippen LogP contribution in [0.15, 0.2) is 53.5 Å². The zero-order valence-electron chi connectivity index (χ0n) is 17.7. The molecule has 2 aromatic rings. The Morgan fingerprint density at radius 1 is 1.07 bits per heavy atom. The van der Waals surface area contributed by atoms with Gasteiger partial charge in [-0.2, -0.15) is 0 Å². The SMILES string of the molecule is CN=C(NCc1ccccc1CN1CCOCC1)NCC1(c2cccc(F)c2)CC1. The second-order valence-electron chi connectivity index (χ2n) is 8.23. The number of halogens is 1. The molecule has 1 aliphatic heterocycles. The molecule has 5 nitrogen and oxygen atoms in total. The minimum Gasteiger partial charge on any atom is -0.379 e. The van der Waals surface area contributed by atoms with E-state index in [1.807, 2.05) is 6.07 Å². The van der Waals surface area contributed by atoms with Crippen molar-refractivity contribution in [3.05, 3.63) is 71.0 Å². The van der Waals surface area contributed by atoms with Crippen molar-refractivity contribution in [2.24, 2.45) is 4.99 Å². The molecule has 0 radical (unpaired) electrons. The molecule has 2 N–H and O–H groups in total. The summed E-state index contributed by atoms with van der Waals surface area (Å²) < 4.78 is 19.1. The van der Waals surface area contributed by atoms with Crippen LogP contribution in [0.25, 0.3) is 0 Å². The van der Waals surface area contributed by atoms with E-state index in [0.717, 1.165) is 63.8 Å². The van der Waals surface area contributed by atoms with E-state index in [0.29, 0.717) is 6.54 Å². The van der Waals surface area contributed by atoms with E-state index < -0.39 is 0 Å². The highest BCUT2D eigenvalue weighted by molar-refractivity contribution is 5.79. The first kappa shape index (κ1) is 20.8. The van der Waals surface area contributed by atoms with Gasteiger partial charge in [-0.3, -0.25) is 9.89 Å². The van der Waals surface area contributed by atoms with Crippen molar-refractivity contribution >= 4 is 5.96 Å². The van der Waals surface area contributed by atoms with E-state index in [1.54, 1.807) is 19.2 Å². The first-order chi connectivity index (χ1) is 14.7. The molecule has 2 aliphatic rings. The average Bonchev–Trinajstić information content (AvgIpc) is 3.57. The summed E-state index contributed by atoms with van der Waals surface area (Å²) in [5.74, 6) is 0.608. The second kappa shape index (κ2) is 9.58. The summed E-state index contributed by atoms with van der Waals surface area (Å²) in [6, 6.07) is 15.5. The van der Waals surface area contributed by atoms with Gasteiger partial charge in [0.25, 0.3) is 0 Å². The van der Waals surface area contributed by atoms with Gasteiger partial charge in [-0.15, -0.1) is 0 Å². The summed E-state index contributed by atoms with van der Waals surface area (Å²) in [4.78, 5) is 6.82. The maximum absolute atomic E-state index is 13.6. The highest BCUT2D eigenvalue weighted by Crippen LogP contribution is 2.47. The Labute approximate surface area is 178 Å². The van der Waals surface area contributed by atoms with E-state index in [-0.39, 0.29) is 11.2 Å². The van der Waals surface area contributed by atoms with Crippen molar-refractivity contribution in [1.82, 2.24) is 15.5 Å². The molecule has 2 aromatic carbocycles. The predicted octanol–water partition coefficient (Wildman–Crippen LogP) is 3.05. The Bertz CT molecular complexity index is 875. The fraction of sp³-hybridized carbons (Fsp3) is 0.458. The topological polar surface area (TPSA) is 48.9 Å². The first-order valence-electron chi connectivity index (χ1n) is 10.8. The molecule has 2 fully saturated rings. The number of rotatable bonds is 7.